The molecule has 0 aliphatic heterocycles. The minimum absolute atomic E-state index is 0.696. The molecule has 0 radical (unpaired) electrons. The fourth-order valence-corrected chi connectivity index (χ4v) is 2.76. The number of halogens is 1. The van der Waals surface area contributed by atoms with Gasteiger partial charge in [-0.05, 0) is 31.2 Å². The summed E-state index contributed by atoms with van der Waals surface area (Å²) in [6, 6.07) is 20.1. The number of hydrogen-bond acceptors (Lipinski definition) is 3. The van der Waals surface area contributed by atoms with E-state index in [1.807, 2.05) is 107 Å². The highest BCUT2D eigenvalue weighted by molar-refractivity contribution is 9.10. The third-order valence-electron chi connectivity index (χ3n) is 3.73. The van der Waals surface area contributed by atoms with Crippen molar-refractivity contribution in [3.63, 3.8) is 0 Å². The summed E-state index contributed by atoms with van der Waals surface area (Å²) in [6.45, 7) is 9.97. The van der Waals surface area contributed by atoms with E-state index in [0.717, 1.165) is 32.7 Å². The standard InChI is InChI=1S/C21H18BrN3.2C2H6/c1-3-7-18(23-2)20-14-19(15-10-12-17(22)13-11-15)24-21(25-20)16-8-5-4-6-9-16;2*1-2/h3-14H,1-2H3;2*1-2H3/b7-3-,23-18?;;. The second kappa shape index (κ2) is 13.6. The highest BCUT2D eigenvalue weighted by Crippen LogP contribution is 2.24. The lowest BCUT2D eigenvalue weighted by molar-refractivity contribution is 1.16. The number of benzene rings is 2. The highest BCUT2D eigenvalue weighted by atomic mass is 79.9. The zero-order valence-corrected chi connectivity index (χ0v) is 19.7. The van der Waals surface area contributed by atoms with Crippen molar-refractivity contribution in [2.45, 2.75) is 34.6 Å². The van der Waals surface area contributed by atoms with E-state index in [0.29, 0.717) is 5.82 Å². The van der Waals surface area contributed by atoms with Crippen LogP contribution in [0.15, 0.2) is 82.3 Å². The van der Waals surface area contributed by atoms with Gasteiger partial charge in [0.25, 0.3) is 0 Å². The Morgan fingerprint density at radius 1 is 0.862 bits per heavy atom. The predicted octanol–water partition coefficient (Wildman–Crippen LogP) is 7.62. The van der Waals surface area contributed by atoms with Gasteiger partial charge in [-0.25, -0.2) is 9.97 Å². The summed E-state index contributed by atoms with van der Waals surface area (Å²) in [5.74, 6) is 0.696. The Kier molecular flexibility index (Phi) is 11.4. The minimum Gasteiger partial charge on any atom is -0.286 e. The summed E-state index contributed by atoms with van der Waals surface area (Å²) in [7, 11) is 1.78. The molecular formula is C25H30BrN3. The molecular weight excluding hydrogens is 422 g/mol. The van der Waals surface area contributed by atoms with Crippen molar-refractivity contribution in [2.24, 2.45) is 4.99 Å². The monoisotopic (exact) mass is 451 g/mol. The normalized spacial score (nSPS) is 10.7. The zero-order valence-electron chi connectivity index (χ0n) is 18.1. The van der Waals surface area contributed by atoms with Crippen LogP contribution in [-0.4, -0.2) is 22.7 Å². The number of rotatable bonds is 4. The Morgan fingerprint density at radius 2 is 1.48 bits per heavy atom. The average Bonchev–Trinajstić information content (AvgIpc) is 2.81. The van der Waals surface area contributed by atoms with Crippen molar-refractivity contribution in [3.05, 3.63) is 83.0 Å². The molecule has 0 bridgehead atoms. The van der Waals surface area contributed by atoms with Crippen LogP contribution >= 0.6 is 15.9 Å². The van der Waals surface area contributed by atoms with Crippen molar-refractivity contribution in [3.8, 4) is 22.6 Å². The Bertz CT molecular complexity index is 915. The maximum absolute atomic E-state index is 4.77. The molecule has 3 aromatic rings. The van der Waals surface area contributed by atoms with Crippen LogP contribution in [0.25, 0.3) is 22.6 Å². The van der Waals surface area contributed by atoms with Gasteiger partial charge in [-0.2, -0.15) is 0 Å². The molecule has 3 rings (SSSR count). The lowest BCUT2D eigenvalue weighted by Crippen LogP contribution is -2.04. The lowest BCUT2D eigenvalue weighted by atomic mass is 10.1. The quantitative estimate of drug-likeness (QED) is 0.382. The molecule has 0 atom stereocenters. The van der Waals surface area contributed by atoms with Gasteiger partial charge in [-0.1, -0.05) is 92.2 Å². The fourth-order valence-electron chi connectivity index (χ4n) is 2.50. The van der Waals surface area contributed by atoms with Crippen LogP contribution in [0.5, 0.6) is 0 Å². The first kappa shape index (κ1) is 24.4. The van der Waals surface area contributed by atoms with Crippen LogP contribution in [-0.2, 0) is 0 Å². The lowest BCUT2D eigenvalue weighted by Gasteiger charge is -2.09. The molecule has 0 aliphatic carbocycles. The average molecular weight is 452 g/mol. The van der Waals surface area contributed by atoms with Crippen molar-refractivity contribution < 1.29 is 0 Å². The SMILES string of the molecule is C/C=C\C(=NC)c1cc(-c2ccc(Br)cc2)nc(-c2ccccc2)n1.CC.CC. The first-order chi connectivity index (χ1) is 14.2. The van der Waals surface area contributed by atoms with Gasteiger partial charge < -0.3 is 0 Å². The van der Waals surface area contributed by atoms with Gasteiger partial charge in [0.15, 0.2) is 5.82 Å². The van der Waals surface area contributed by atoms with Crippen molar-refractivity contribution >= 4 is 21.6 Å². The Balaban J connectivity index is 0.000000989. The summed E-state index contributed by atoms with van der Waals surface area (Å²) in [5, 5.41) is 0. The van der Waals surface area contributed by atoms with Crippen molar-refractivity contribution in [1.29, 1.82) is 0 Å². The number of aliphatic imine (C=N–C) groups is 1. The number of hydrogen-bond donors (Lipinski definition) is 0. The molecule has 152 valence electrons. The molecule has 29 heavy (non-hydrogen) atoms. The first-order valence-electron chi connectivity index (χ1n) is 10.0. The largest absolute Gasteiger partial charge is 0.286 e. The van der Waals surface area contributed by atoms with E-state index in [9.17, 15) is 0 Å². The Labute approximate surface area is 183 Å². The van der Waals surface area contributed by atoms with Crippen LogP contribution in [0.3, 0.4) is 0 Å². The van der Waals surface area contributed by atoms with Crippen molar-refractivity contribution in [1.82, 2.24) is 9.97 Å². The topological polar surface area (TPSA) is 38.1 Å². The molecule has 0 fully saturated rings. The predicted molar refractivity (Wildman–Crippen MR) is 131 cm³/mol. The molecule has 0 N–H and O–H groups in total. The van der Waals surface area contributed by atoms with Gasteiger partial charge in [0.05, 0.1) is 17.1 Å². The molecule has 0 unspecified atom stereocenters. The first-order valence-corrected chi connectivity index (χ1v) is 10.8. The number of allylic oxidation sites excluding steroid dienone is 2. The number of aromatic nitrogens is 2. The summed E-state index contributed by atoms with van der Waals surface area (Å²) in [4.78, 5) is 13.9. The summed E-state index contributed by atoms with van der Waals surface area (Å²) in [6.07, 6.45) is 3.93. The maximum Gasteiger partial charge on any atom is 0.160 e. The van der Waals surface area contributed by atoms with Crippen molar-refractivity contribution in [2.75, 3.05) is 7.05 Å². The van der Waals surface area contributed by atoms with E-state index in [4.69, 9.17) is 9.97 Å². The summed E-state index contributed by atoms with van der Waals surface area (Å²) >= 11 is 3.48. The smallest absolute Gasteiger partial charge is 0.160 e. The van der Waals surface area contributed by atoms with Crippen LogP contribution in [0.4, 0.5) is 0 Å². The molecule has 0 saturated heterocycles. The zero-order chi connectivity index (χ0) is 21.6. The summed E-state index contributed by atoms with van der Waals surface area (Å²) in [5.41, 5.74) is 4.55. The van der Waals surface area contributed by atoms with Crippen LogP contribution in [0, 0.1) is 0 Å². The molecule has 0 spiro atoms. The van der Waals surface area contributed by atoms with Gasteiger partial charge in [-0.15, -0.1) is 0 Å². The van der Waals surface area contributed by atoms with Gasteiger partial charge in [0, 0.05) is 22.6 Å². The van der Waals surface area contributed by atoms with E-state index in [-0.39, 0.29) is 0 Å². The molecule has 1 aromatic heterocycles. The minimum atomic E-state index is 0.696. The molecule has 0 saturated carbocycles. The highest BCUT2D eigenvalue weighted by Gasteiger charge is 2.11. The molecule has 0 amide bonds. The number of nitrogens with zero attached hydrogens (tertiary/aromatic N) is 3. The van der Waals surface area contributed by atoms with Gasteiger partial charge in [-0.3, -0.25) is 4.99 Å². The fraction of sp³-hybridized carbons (Fsp3) is 0.240. The van der Waals surface area contributed by atoms with E-state index in [1.165, 1.54) is 0 Å². The van der Waals surface area contributed by atoms with E-state index in [2.05, 4.69) is 20.9 Å². The molecule has 3 nitrogen and oxygen atoms in total. The van der Waals surface area contributed by atoms with E-state index < -0.39 is 0 Å². The second-order valence-corrected chi connectivity index (χ2v) is 6.36. The van der Waals surface area contributed by atoms with Crippen LogP contribution in [0.1, 0.15) is 40.3 Å². The van der Waals surface area contributed by atoms with Gasteiger partial charge in [0.2, 0.25) is 0 Å². The third-order valence-corrected chi connectivity index (χ3v) is 4.25. The van der Waals surface area contributed by atoms with E-state index >= 15 is 0 Å². The maximum atomic E-state index is 4.77. The van der Waals surface area contributed by atoms with Gasteiger partial charge >= 0.3 is 0 Å². The summed E-state index contributed by atoms with van der Waals surface area (Å²) < 4.78 is 1.04. The van der Waals surface area contributed by atoms with E-state index in [1.54, 1.807) is 7.05 Å². The van der Waals surface area contributed by atoms with Crippen LogP contribution in [0.2, 0.25) is 0 Å². The van der Waals surface area contributed by atoms with Crippen LogP contribution < -0.4 is 0 Å². The third kappa shape index (κ3) is 7.06. The molecule has 1 heterocycles. The Hall–Kier alpha value is -2.59. The second-order valence-electron chi connectivity index (χ2n) is 5.44. The Morgan fingerprint density at radius 3 is 2.03 bits per heavy atom. The van der Waals surface area contributed by atoms with Gasteiger partial charge in [0.1, 0.15) is 0 Å². The molecule has 2 aromatic carbocycles. The molecule has 4 heteroatoms. The molecule has 0 aliphatic rings.